The van der Waals surface area contributed by atoms with Crippen LogP contribution < -0.4 is 53.2 Å². The molecule has 0 saturated heterocycles. The molecule has 10 amide bonds. The Kier molecular flexibility index (Phi) is 30.5. The van der Waals surface area contributed by atoms with Crippen LogP contribution in [0.25, 0.3) is 0 Å². The number of carbonyl (C=O) groups excluding carboxylic acids is 12. The van der Waals surface area contributed by atoms with Gasteiger partial charge >= 0.3 is 18.0 Å². The molecule has 0 radical (unpaired) electrons. The minimum Gasteiger partial charge on any atom is -0.460 e. The molecule has 0 spiro atoms. The first-order valence-electron chi connectivity index (χ1n) is 29.3. The van der Waals surface area contributed by atoms with Crippen molar-refractivity contribution >= 4 is 71.2 Å². The van der Waals surface area contributed by atoms with Gasteiger partial charge in [0.2, 0.25) is 53.2 Å². The highest BCUT2D eigenvalue weighted by Crippen LogP contribution is 2.12. The van der Waals surface area contributed by atoms with Crippen LogP contribution in [0.2, 0.25) is 0 Å². The number of ether oxygens (including phenoxy) is 3. The van der Waals surface area contributed by atoms with Gasteiger partial charge in [0, 0.05) is 19.3 Å². The number of hydrogen-bond acceptors (Lipinski definition) is 15. The quantitative estimate of drug-likeness (QED) is 0.0233. The zero-order valence-corrected chi connectivity index (χ0v) is 51.4. The summed E-state index contributed by atoms with van der Waals surface area (Å²) in [6.07, 6.45) is -1.60. The molecule has 25 heteroatoms. The standard InChI is InChI=1S/C64H84N10O15/c1-41(2)30-48(59(82)67-37-56(79)87-39-45-24-16-10-17-25-45)73-61(84)50(32-43-20-12-8-13-21-43)71-53(76)34-65-52(75)29-28-47(70-55(78)36-69-63(86)89-64(5,6)7)58(81)66-35-54(77)72-51(33-44-22-14-9-15-23-44)62(85)74-49(31-42(3)4)60(83)68-38-57(80)88-40-46-26-18-11-19-27-46/h8-27,41-42,47-51H,28-40H2,1-7H3,(H,65,75)(H,66,81)(H,67,82)(H,68,83)(H,69,86)(H,70,78)(H,71,76)(H,72,77)(H,73,84)(H,74,85). The fraction of sp³-hybridized carbons (Fsp3) is 0.438. The van der Waals surface area contributed by atoms with Crippen molar-refractivity contribution in [1.29, 1.82) is 0 Å². The minimum absolute atomic E-state index is 0.00668. The molecule has 0 aromatic heterocycles. The van der Waals surface area contributed by atoms with Crippen molar-refractivity contribution in [2.45, 2.75) is 136 Å². The van der Waals surface area contributed by atoms with E-state index >= 15 is 0 Å². The summed E-state index contributed by atoms with van der Waals surface area (Å²) in [6.45, 7) is 9.10. The van der Waals surface area contributed by atoms with Crippen LogP contribution in [0.4, 0.5) is 4.79 Å². The summed E-state index contributed by atoms with van der Waals surface area (Å²) >= 11 is 0. The summed E-state index contributed by atoms with van der Waals surface area (Å²) in [5, 5.41) is 25.2. The highest BCUT2D eigenvalue weighted by molar-refractivity contribution is 5.96. The molecule has 89 heavy (non-hydrogen) atoms. The van der Waals surface area contributed by atoms with Crippen LogP contribution >= 0.6 is 0 Å². The summed E-state index contributed by atoms with van der Waals surface area (Å²) in [5.74, 6) is -8.74. The van der Waals surface area contributed by atoms with Gasteiger partial charge in [0.15, 0.2) is 0 Å². The zero-order valence-electron chi connectivity index (χ0n) is 51.4. The first kappa shape index (κ1) is 71.8. The molecule has 4 aromatic rings. The van der Waals surface area contributed by atoms with Crippen molar-refractivity contribution in [1.82, 2.24) is 53.2 Å². The number of benzene rings is 4. The third kappa shape index (κ3) is 30.0. The van der Waals surface area contributed by atoms with Gasteiger partial charge in [-0.1, -0.05) is 149 Å². The normalized spacial score (nSPS) is 12.6. The average Bonchev–Trinajstić information content (AvgIpc) is 3.56. The van der Waals surface area contributed by atoms with Crippen LogP contribution in [-0.2, 0) is 93.0 Å². The third-order valence-corrected chi connectivity index (χ3v) is 12.8. The number of nitrogens with one attached hydrogen (secondary N) is 10. The van der Waals surface area contributed by atoms with Gasteiger partial charge in [-0.05, 0) is 74.1 Å². The Morgan fingerprint density at radius 1 is 0.371 bits per heavy atom. The Morgan fingerprint density at radius 3 is 1.09 bits per heavy atom. The van der Waals surface area contributed by atoms with Crippen molar-refractivity contribution in [3.63, 3.8) is 0 Å². The molecule has 480 valence electrons. The second-order valence-electron chi connectivity index (χ2n) is 22.7. The van der Waals surface area contributed by atoms with Gasteiger partial charge in [-0.25, -0.2) is 4.79 Å². The Morgan fingerprint density at radius 2 is 0.708 bits per heavy atom. The second-order valence-corrected chi connectivity index (χ2v) is 22.7. The van der Waals surface area contributed by atoms with Crippen LogP contribution in [0.15, 0.2) is 121 Å². The van der Waals surface area contributed by atoms with E-state index in [0.29, 0.717) is 11.1 Å². The number of amides is 10. The van der Waals surface area contributed by atoms with E-state index < -0.39 is 153 Å². The van der Waals surface area contributed by atoms with Crippen molar-refractivity contribution in [2.24, 2.45) is 11.8 Å². The number of alkyl carbamates (subject to hydrolysis) is 1. The third-order valence-electron chi connectivity index (χ3n) is 12.8. The van der Waals surface area contributed by atoms with Gasteiger partial charge in [-0.2, -0.15) is 0 Å². The fourth-order valence-electron chi connectivity index (χ4n) is 8.52. The maximum Gasteiger partial charge on any atom is 0.408 e. The molecule has 5 unspecified atom stereocenters. The van der Waals surface area contributed by atoms with Gasteiger partial charge in [-0.15, -0.1) is 0 Å². The topological polar surface area (TPSA) is 353 Å². The van der Waals surface area contributed by atoms with E-state index in [9.17, 15) is 57.5 Å². The van der Waals surface area contributed by atoms with Crippen LogP contribution in [0, 0.1) is 11.8 Å². The number of hydrogen-bond donors (Lipinski definition) is 10. The molecule has 4 rings (SSSR count). The molecule has 0 bridgehead atoms. The molecule has 0 heterocycles. The highest BCUT2D eigenvalue weighted by Gasteiger charge is 2.31. The second kappa shape index (κ2) is 37.8. The summed E-state index contributed by atoms with van der Waals surface area (Å²) in [4.78, 5) is 160. The highest BCUT2D eigenvalue weighted by atomic mass is 16.6. The average molecular weight is 1230 g/mol. The van der Waals surface area contributed by atoms with Gasteiger partial charge in [-0.3, -0.25) is 52.7 Å². The summed E-state index contributed by atoms with van der Waals surface area (Å²) in [5.41, 5.74) is 1.86. The van der Waals surface area contributed by atoms with Crippen LogP contribution in [-0.4, -0.2) is 140 Å². The SMILES string of the molecule is CC(C)CC(NC(=O)C(Cc1ccccc1)NC(=O)CNC(=O)CCC(NC(=O)CNC(=O)OC(C)(C)C)C(=O)NCC(=O)NC(Cc1ccccc1)C(=O)NC(CC(C)C)C(=O)NCC(=O)OCc1ccccc1)C(=O)NCC(=O)OCc1ccccc1. The largest absolute Gasteiger partial charge is 0.460 e. The molecule has 0 aliphatic carbocycles. The van der Waals surface area contributed by atoms with Crippen molar-refractivity contribution in [2.75, 3.05) is 32.7 Å². The van der Waals surface area contributed by atoms with Gasteiger partial charge < -0.3 is 67.4 Å². The maximum atomic E-state index is 14.0. The molecule has 0 aliphatic heterocycles. The molecule has 25 nitrogen and oxygen atoms in total. The molecular formula is C64H84N10O15. The lowest BCUT2D eigenvalue weighted by atomic mass is 10.0. The predicted molar refractivity (Wildman–Crippen MR) is 327 cm³/mol. The Balaban J connectivity index is 1.41. The van der Waals surface area contributed by atoms with E-state index in [2.05, 4.69) is 53.2 Å². The van der Waals surface area contributed by atoms with E-state index in [4.69, 9.17) is 14.2 Å². The lowest BCUT2D eigenvalue weighted by Gasteiger charge is -2.24. The molecule has 10 N–H and O–H groups in total. The van der Waals surface area contributed by atoms with E-state index in [1.807, 2.05) is 39.8 Å². The Labute approximate surface area is 518 Å². The van der Waals surface area contributed by atoms with Crippen LogP contribution in [0.1, 0.15) is 96.4 Å². The summed E-state index contributed by atoms with van der Waals surface area (Å²) < 4.78 is 15.7. The maximum absolute atomic E-state index is 14.0. The monoisotopic (exact) mass is 1230 g/mol. The zero-order chi connectivity index (χ0) is 65.3. The number of esters is 2. The first-order valence-corrected chi connectivity index (χ1v) is 29.3. The lowest BCUT2D eigenvalue weighted by molar-refractivity contribution is -0.146. The minimum atomic E-state index is -1.53. The molecule has 0 fully saturated rings. The number of carbonyl (C=O) groups is 12. The molecular weight excluding hydrogens is 1150 g/mol. The van der Waals surface area contributed by atoms with E-state index in [-0.39, 0.29) is 50.7 Å². The van der Waals surface area contributed by atoms with E-state index in [0.717, 1.165) is 11.1 Å². The van der Waals surface area contributed by atoms with Crippen molar-refractivity contribution in [3.05, 3.63) is 144 Å². The van der Waals surface area contributed by atoms with Gasteiger partial charge in [0.1, 0.15) is 68.7 Å². The van der Waals surface area contributed by atoms with Gasteiger partial charge in [0.05, 0.1) is 13.1 Å². The van der Waals surface area contributed by atoms with E-state index in [1.165, 1.54) is 0 Å². The molecule has 0 aliphatic rings. The summed E-state index contributed by atoms with van der Waals surface area (Å²) in [7, 11) is 0. The Bertz CT molecular complexity index is 2980. The molecule has 0 saturated carbocycles. The van der Waals surface area contributed by atoms with Crippen molar-refractivity contribution < 1.29 is 71.7 Å². The predicted octanol–water partition coefficient (Wildman–Crippen LogP) is 2.24. The van der Waals surface area contributed by atoms with Crippen LogP contribution in [0.5, 0.6) is 0 Å². The smallest absolute Gasteiger partial charge is 0.408 e. The Hall–Kier alpha value is -9.68. The van der Waals surface area contributed by atoms with Crippen LogP contribution in [0.3, 0.4) is 0 Å². The molecule has 4 aromatic carbocycles. The lowest BCUT2D eigenvalue weighted by Crippen LogP contribution is -2.56. The van der Waals surface area contributed by atoms with Gasteiger partial charge in [0.25, 0.3) is 0 Å². The first-order chi connectivity index (χ1) is 42.3. The summed E-state index contributed by atoms with van der Waals surface area (Å²) in [6, 6.07) is 28.9. The molecule has 5 atom stereocenters. The fourth-order valence-corrected chi connectivity index (χ4v) is 8.52. The number of rotatable bonds is 35. The van der Waals surface area contributed by atoms with Crippen molar-refractivity contribution in [3.8, 4) is 0 Å². The van der Waals surface area contributed by atoms with E-state index in [1.54, 1.807) is 130 Å².